The summed E-state index contributed by atoms with van der Waals surface area (Å²) in [5.74, 6) is 0.278. The molecule has 2 N–H and O–H groups in total. The van der Waals surface area contributed by atoms with Crippen molar-refractivity contribution in [2.75, 3.05) is 5.32 Å². The van der Waals surface area contributed by atoms with Crippen LogP contribution in [0.2, 0.25) is 0 Å². The number of nitrogens with zero attached hydrogens (tertiary/aromatic N) is 3. The summed E-state index contributed by atoms with van der Waals surface area (Å²) >= 11 is 1.32. The number of carbonyl (C=O) groups excluding carboxylic acids is 1. The highest BCUT2D eigenvalue weighted by Crippen LogP contribution is 2.31. The molecule has 0 radical (unpaired) electrons. The molecule has 5 rings (SSSR count). The van der Waals surface area contributed by atoms with Crippen LogP contribution in [0, 0.1) is 20.8 Å². The minimum absolute atomic E-state index is 0.0495. The van der Waals surface area contributed by atoms with Crippen LogP contribution < -0.4 is 10.0 Å². The summed E-state index contributed by atoms with van der Waals surface area (Å²) < 4.78 is 34.8. The molecule has 0 saturated carbocycles. The van der Waals surface area contributed by atoms with Gasteiger partial charge >= 0.3 is 0 Å². The van der Waals surface area contributed by atoms with Crippen LogP contribution in [-0.4, -0.2) is 34.2 Å². The summed E-state index contributed by atoms with van der Waals surface area (Å²) in [5.41, 5.74) is 5.67. The maximum atomic E-state index is 13.0. The minimum atomic E-state index is -3.73. The van der Waals surface area contributed by atoms with E-state index in [0.717, 1.165) is 27.7 Å². The molecule has 0 spiro atoms. The number of hydrogen-bond acceptors (Lipinski definition) is 7. The van der Waals surface area contributed by atoms with Gasteiger partial charge in [-0.15, -0.1) is 10.2 Å². The molecule has 0 aliphatic carbocycles. The number of pyridine rings is 1. The molecule has 3 heterocycles. The number of aromatic nitrogens is 3. The maximum Gasteiger partial charge on any atom is 0.240 e. The minimum Gasteiger partial charge on any atom is -0.468 e. The third-order valence-corrected chi connectivity index (χ3v) is 8.66. The lowest BCUT2D eigenvalue weighted by Gasteiger charge is -2.14. The summed E-state index contributed by atoms with van der Waals surface area (Å²) in [4.78, 5) is 13.1. The first-order valence-corrected chi connectivity index (χ1v) is 14.3. The zero-order chi connectivity index (χ0) is 27.0. The molecule has 0 bridgehead atoms. The first kappa shape index (κ1) is 26.0. The van der Waals surface area contributed by atoms with Crippen molar-refractivity contribution in [3.63, 3.8) is 0 Å². The molecule has 1 amide bonds. The molecule has 11 heteroatoms. The number of aryl methyl sites for hydroxylation is 3. The number of benzene rings is 2. The highest BCUT2D eigenvalue weighted by Gasteiger charge is 2.21. The van der Waals surface area contributed by atoms with Gasteiger partial charge in [0.1, 0.15) is 5.76 Å². The number of fused-ring (bicyclic) bond motifs is 3. The Labute approximate surface area is 224 Å². The zero-order valence-corrected chi connectivity index (χ0v) is 23.0. The number of anilines is 1. The maximum absolute atomic E-state index is 13.0. The van der Waals surface area contributed by atoms with Crippen molar-refractivity contribution in [1.82, 2.24) is 19.3 Å². The van der Waals surface area contributed by atoms with Crippen molar-refractivity contribution < 1.29 is 17.6 Å². The van der Waals surface area contributed by atoms with Crippen LogP contribution in [0.3, 0.4) is 0 Å². The lowest BCUT2D eigenvalue weighted by Crippen LogP contribution is -2.24. The SMILES string of the molecule is Cc1cc(C)c2c(c1)c(C)cc1nnc(SC(C)C(=O)Nc3ccc(S(=O)(=O)NCc4ccco4)cc3)n12. The van der Waals surface area contributed by atoms with Gasteiger partial charge in [-0.05, 0) is 87.4 Å². The molecule has 2 aromatic carbocycles. The Kier molecular flexibility index (Phi) is 6.99. The van der Waals surface area contributed by atoms with Gasteiger partial charge < -0.3 is 9.73 Å². The molecule has 0 aliphatic rings. The number of sulfonamides is 1. The second-order valence-corrected chi connectivity index (χ2v) is 12.2. The van der Waals surface area contributed by atoms with Crippen molar-refractivity contribution in [3.05, 3.63) is 83.3 Å². The lowest BCUT2D eigenvalue weighted by atomic mass is 10.0. The summed E-state index contributed by atoms with van der Waals surface area (Å²) in [6.07, 6.45) is 1.48. The monoisotopic (exact) mass is 549 g/mol. The van der Waals surface area contributed by atoms with Gasteiger partial charge in [-0.2, -0.15) is 0 Å². The van der Waals surface area contributed by atoms with Crippen LogP contribution >= 0.6 is 11.8 Å². The fourth-order valence-corrected chi connectivity index (χ4v) is 6.18. The van der Waals surface area contributed by atoms with Gasteiger partial charge in [0.15, 0.2) is 10.8 Å². The molecule has 38 heavy (non-hydrogen) atoms. The van der Waals surface area contributed by atoms with E-state index in [4.69, 9.17) is 4.42 Å². The second kappa shape index (κ2) is 10.2. The zero-order valence-electron chi connectivity index (χ0n) is 21.3. The molecule has 0 aliphatic heterocycles. The molecule has 3 aromatic heterocycles. The van der Waals surface area contributed by atoms with Crippen molar-refractivity contribution >= 4 is 49.9 Å². The van der Waals surface area contributed by atoms with Gasteiger partial charge in [0.25, 0.3) is 0 Å². The fraction of sp³-hybridized carbons (Fsp3) is 0.222. The molecule has 196 valence electrons. The van der Waals surface area contributed by atoms with Gasteiger partial charge in [-0.3, -0.25) is 9.20 Å². The van der Waals surface area contributed by atoms with Crippen molar-refractivity contribution in [3.8, 4) is 0 Å². The van der Waals surface area contributed by atoms with E-state index >= 15 is 0 Å². The molecular weight excluding hydrogens is 522 g/mol. The first-order chi connectivity index (χ1) is 18.1. The molecule has 5 aromatic rings. The van der Waals surface area contributed by atoms with Crippen LogP contribution in [0.15, 0.2) is 75.3 Å². The Balaban J connectivity index is 1.30. The predicted molar refractivity (Wildman–Crippen MR) is 148 cm³/mol. The Hall–Kier alpha value is -3.67. The second-order valence-electron chi connectivity index (χ2n) is 9.16. The fourth-order valence-electron chi connectivity index (χ4n) is 4.33. The van der Waals surface area contributed by atoms with Crippen molar-refractivity contribution in [2.45, 2.75) is 49.5 Å². The van der Waals surface area contributed by atoms with E-state index in [-0.39, 0.29) is 17.3 Å². The standard InChI is InChI=1S/C27H27N5O4S2/c1-16-12-18(3)25-23(13-16)17(2)14-24-30-31-27(32(24)25)37-19(4)26(33)29-20-7-9-22(10-8-20)38(34,35)28-15-21-6-5-11-36-21/h5-14,19,28H,15H2,1-4H3,(H,29,33). The molecular formula is C27H27N5O4S2. The number of carbonyl (C=O) groups is 1. The molecule has 1 atom stereocenters. The average molecular weight is 550 g/mol. The molecule has 9 nitrogen and oxygen atoms in total. The topological polar surface area (TPSA) is 119 Å². The Bertz CT molecular complexity index is 1740. The van der Waals surface area contributed by atoms with Gasteiger partial charge in [0.2, 0.25) is 15.9 Å². The number of rotatable bonds is 8. The number of nitrogens with one attached hydrogen (secondary N) is 2. The first-order valence-electron chi connectivity index (χ1n) is 12.0. The summed E-state index contributed by atoms with van der Waals surface area (Å²) in [7, 11) is -3.73. The molecule has 1 unspecified atom stereocenters. The normalized spacial score (nSPS) is 12.7. The van der Waals surface area contributed by atoms with Crippen LogP contribution in [0.1, 0.15) is 29.4 Å². The summed E-state index contributed by atoms with van der Waals surface area (Å²) in [6, 6.07) is 15.7. The van der Waals surface area contributed by atoms with Gasteiger partial charge in [-0.1, -0.05) is 23.4 Å². The van der Waals surface area contributed by atoms with Crippen LogP contribution in [0.4, 0.5) is 5.69 Å². The molecule has 0 fully saturated rings. The van der Waals surface area contributed by atoms with Gasteiger partial charge in [-0.25, -0.2) is 13.1 Å². The highest BCUT2D eigenvalue weighted by molar-refractivity contribution is 8.00. The Morgan fingerprint density at radius 3 is 2.53 bits per heavy atom. The van der Waals surface area contributed by atoms with Crippen LogP contribution in [0.25, 0.3) is 16.6 Å². The number of amides is 1. The quantitative estimate of drug-likeness (QED) is 0.262. The van der Waals surface area contributed by atoms with E-state index in [1.807, 2.05) is 10.5 Å². The van der Waals surface area contributed by atoms with E-state index in [1.165, 1.54) is 35.7 Å². The van der Waals surface area contributed by atoms with E-state index in [1.54, 1.807) is 31.2 Å². The van der Waals surface area contributed by atoms with Crippen molar-refractivity contribution in [2.24, 2.45) is 0 Å². The Morgan fingerprint density at radius 1 is 1.05 bits per heavy atom. The largest absolute Gasteiger partial charge is 0.468 e. The molecule has 0 saturated heterocycles. The third-order valence-electron chi connectivity index (χ3n) is 6.20. The average Bonchev–Trinajstić information content (AvgIpc) is 3.53. The number of hydrogen-bond donors (Lipinski definition) is 2. The van der Waals surface area contributed by atoms with Gasteiger partial charge in [0.05, 0.1) is 28.5 Å². The lowest BCUT2D eigenvalue weighted by molar-refractivity contribution is -0.115. The Morgan fingerprint density at radius 2 is 1.82 bits per heavy atom. The van der Waals surface area contributed by atoms with Crippen molar-refractivity contribution in [1.29, 1.82) is 0 Å². The number of thioether (sulfide) groups is 1. The predicted octanol–water partition coefficient (Wildman–Crippen LogP) is 5.00. The summed E-state index contributed by atoms with van der Waals surface area (Å²) in [6.45, 7) is 8.04. The smallest absolute Gasteiger partial charge is 0.240 e. The van der Waals surface area contributed by atoms with Crippen LogP contribution in [-0.2, 0) is 21.4 Å². The van der Waals surface area contributed by atoms with E-state index in [0.29, 0.717) is 16.6 Å². The third kappa shape index (κ3) is 5.17. The van der Waals surface area contributed by atoms with Crippen LogP contribution in [0.5, 0.6) is 0 Å². The number of furan rings is 1. The summed E-state index contributed by atoms with van der Waals surface area (Å²) in [5, 5.41) is 12.8. The van der Waals surface area contributed by atoms with E-state index in [9.17, 15) is 13.2 Å². The van der Waals surface area contributed by atoms with Gasteiger partial charge in [0, 0.05) is 11.1 Å². The highest BCUT2D eigenvalue weighted by atomic mass is 32.2. The van der Waals surface area contributed by atoms with E-state index in [2.05, 4.69) is 53.1 Å². The van der Waals surface area contributed by atoms with E-state index < -0.39 is 15.3 Å².